The maximum Gasteiger partial charge on any atom is 0.110 e. The van der Waals surface area contributed by atoms with Crippen molar-refractivity contribution < 1.29 is 0 Å². The average Bonchev–Trinajstić information content (AvgIpc) is 2.86. The molecule has 1 aliphatic rings. The Morgan fingerprint density at radius 3 is 2.68 bits per heavy atom. The molecule has 0 aliphatic heterocycles. The van der Waals surface area contributed by atoms with Crippen LogP contribution in [-0.4, -0.2) is 12.0 Å². The van der Waals surface area contributed by atoms with E-state index in [0.29, 0.717) is 6.04 Å². The maximum absolute atomic E-state index is 4.89. The van der Waals surface area contributed by atoms with Crippen molar-refractivity contribution >= 4 is 11.3 Å². The standard InChI is InChI=1S/C16H28N2S/c1-3-4-5-6-7-11-14(17-2)16-18-13-10-8-9-12-15(13)19-16/h14,17H,3-12H2,1-2H3. The third-order valence-electron chi connectivity index (χ3n) is 4.11. The Morgan fingerprint density at radius 2 is 1.95 bits per heavy atom. The van der Waals surface area contributed by atoms with Gasteiger partial charge in [-0.3, -0.25) is 0 Å². The van der Waals surface area contributed by atoms with Gasteiger partial charge in [0.1, 0.15) is 5.01 Å². The molecule has 1 aromatic rings. The molecule has 108 valence electrons. The minimum atomic E-state index is 0.484. The van der Waals surface area contributed by atoms with Gasteiger partial charge in [0, 0.05) is 4.88 Å². The van der Waals surface area contributed by atoms with E-state index in [1.807, 2.05) is 11.3 Å². The lowest BCUT2D eigenvalue weighted by atomic mass is 10.0. The molecule has 0 aromatic carbocycles. The fourth-order valence-corrected chi connectivity index (χ4v) is 4.16. The molecule has 0 bridgehead atoms. The van der Waals surface area contributed by atoms with E-state index in [2.05, 4.69) is 19.3 Å². The zero-order valence-corrected chi connectivity index (χ0v) is 13.3. The van der Waals surface area contributed by atoms with E-state index in [4.69, 9.17) is 4.98 Å². The van der Waals surface area contributed by atoms with Crippen LogP contribution in [0.15, 0.2) is 0 Å². The number of nitrogens with one attached hydrogen (secondary N) is 1. The largest absolute Gasteiger partial charge is 0.311 e. The zero-order chi connectivity index (χ0) is 13.5. The fourth-order valence-electron chi connectivity index (χ4n) is 2.86. The van der Waals surface area contributed by atoms with Gasteiger partial charge in [-0.2, -0.15) is 0 Å². The van der Waals surface area contributed by atoms with Crippen LogP contribution in [0.5, 0.6) is 0 Å². The fraction of sp³-hybridized carbons (Fsp3) is 0.812. The number of unbranched alkanes of at least 4 members (excludes halogenated alkanes) is 4. The molecule has 19 heavy (non-hydrogen) atoms. The predicted octanol–water partition coefficient (Wildman–Crippen LogP) is 4.64. The summed E-state index contributed by atoms with van der Waals surface area (Å²) in [5, 5.41) is 4.80. The molecule has 1 unspecified atom stereocenters. The third kappa shape index (κ3) is 4.28. The van der Waals surface area contributed by atoms with Crippen LogP contribution in [0, 0.1) is 0 Å². The maximum atomic E-state index is 4.89. The average molecular weight is 280 g/mol. The SMILES string of the molecule is CCCCCCCC(NC)c1nc2c(s1)CCCC2. The Morgan fingerprint density at radius 1 is 1.16 bits per heavy atom. The van der Waals surface area contributed by atoms with Gasteiger partial charge in [0.2, 0.25) is 0 Å². The number of hydrogen-bond donors (Lipinski definition) is 1. The number of fused-ring (bicyclic) bond motifs is 1. The van der Waals surface area contributed by atoms with Crippen LogP contribution in [-0.2, 0) is 12.8 Å². The van der Waals surface area contributed by atoms with Crippen LogP contribution in [0.4, 0.5) is 0 Å². The summed E-state index contributed by atoms with van der Waals surface area (Å²) < 4.78 is 0. The summed E-state index contributed by atoms with van der Waals surface area (Å²) in [4.78, 5) is 6.46. The number of rotatable bonds is 8. The van der Waals surface area contributed by atoms with Crippen LogP contribution >= 0.6 is 11.3 Å². The lowest BCUT2D eigenvalue weighted by molar-refractivity contribution is 0.498. The highest BCUT2D eigenvalue weighted by Crippen LogP contribution is 2.31. The Bertz CT molecular complexity index is 349. The van der Waals surface area contributed by atoms with Crippen molar-refractivity contribution in [3.8, 4) is 0 Å². The zero-order valence-electron chi connectivity index (χ0n) is 12.5. The quantitative estimate of drug-likeness (QED) is 0.702. The first-order valence-corrected chi connectivity index (χ1v) is 8.82. The predicted molar refractivity (Wildman–Crippen MR) is 83.9 cm³/mol. The van der Waals surface area contributed by atoms with Crippen LogP contribution in [0.2, 0.25) is 0 Å². The minimum absolute atomic E-state index is 0.484. The third-order valence-corrected chi connectivity index (χ3v) is 5.38. The normalized spacial score (nSPS) is 16.3. The van der Waals surface area contributed by atoms with E-state index in [1.165, 1.54) is 74.9 Å². The smallest absolute Gasteiger partial charge is 0.110 e. The second-order valence-electron chi connectivity index (χ2n) is 5.67. The van der Waals surface area contributed by atoms with Gasteiger partial charge in [0.05, 0.1) is 11.7 Å². The van der Waals surface area contributed by atoms with E-state index in [9.17, 15) is 0 Å². The van der Waals surface area contributed by atoms with Crippen molar-refractivity contribution in [3.63, 3.8) is 0 Å². The van der Waals surface area contributed by atoms with Gasteiger partial charge in [-0.15, -0.1) is 11.3 Å². The highest BCUT2D eigenvalue weighted by molar-refractivity contribution is 7.11. The van der Waals surface area contributed by atoms with Gasteiger partial charge >= 0.3 is 0 Å². The van der Waals surface area contributed by atoms with Crippen molar-refractivity contribution in [2.24, 2.45) is 0 Å². The number of hydrogen-bond acceptors (Lipinski definition) is 3. The lowest BCUT2D eigenvalue weighted by Gasteiger charge is -2.13. The molecule has 1 N–H and O–H groups in total. The molecule has 2 nitrogen and oxygen atoms in total. The molecule has 1 aliphatic carbocycles. The molecule has 0 radical (unpaired) electrons. The van der Waals surface area contributed by atoms with E-state index in [1.54, 1.807) is 4.88 Å². The van der Waals surface area contributed by atoms with Gasteiger partial charge in [0.15, 0.2) is 0 Å². The van der Waals surface area contributed by atoms with Crippen molar-refractivity contribution in [2.75, 3.05) is 7.05 Å². The Labute approximate surface area is 122 Å². The van der Waals surface area contributed by atoms with E-state index < -0.39 is 0 Å². The molecule has 1 aromatic heterocycles. The summed E-state index contributed by atoms with van der Waals surface area (Å²) in [6.45, 7) is 2.27. The second-order valence-corrected chi connectivity index (χ2v) is 6.79. The first kappa shape index (κ1) is 15.0. The lowest BCUT2D eigenvalue weighted by Crippen LogP contribution is -2.16. The molecule has 3 heteroatoms. The molecule has 2 rings (SSSR count). The highest BCUT2D eigenvalue weighted by atomic mass is 32.1. The minimum Gasteiger partial charge on any atom is -0.311 e. The first-order valence-electron chi connectivity index (χ1n) is 8.01. The van der Waals surface area contributed by atoms with Crippen LogP contribution in [0.25, 0.3) is 0 Å². The number of aromatic nitrogens is 1. The van der Waals surface area contributed by atoms with Crippen molar-refractivity contribution in [3.05, 3.63) is 15.6 Å². The molecule has 0 fully saturated rings. The summed E-state index contributed by atoms with van der Waals surface area (Å²) in [5.74, 6) is 0. The van der Waals surface area contributed by atoms with Gasteiger partial charge in [-0.25, -0.2) is 4.98 Å². The van der Waals surface area contributed by atoms with Gasteiger partial charge < -0.3 is 5.32 Å². The van der Waals surface area contributed by atoms with Gasteiger partial charge in [0.25, 0.3) is 0 Å². The topological polar surface area (TPSA) is 24.9 Å². The Balaban J connectivity index is 1.84. The Kier molecular flexibility index (Phi) is 6.32. The second kappa shape index (κ2) is 8.01. The summed E-state index contributed by atoms with van der Waals surface area (Å²) in [5.41, 5.74) is 1.40. The van der Waals surface area contributed by atoms with Crippen LogP contribution < -0.4 is 5.32 Å². The molecule has 0 amide bonds. The summed E-state index contributed by atoms with van der Waals surface area (Å²) in [6, 6.07) is 0.484. The van der Waals surface area contributed by atoms with E-state index in [-0.39, 0.29) is 0 Å². The van der Waals surface area contributed by atoms with Crippen molar-refractivity contribution in [1.82, 2.24) is 10.3 Å². The Hall–Kier alpha value is -0.410. The van der Waals surface area contributed by atoms with E-state index >= 15 is 0 Å². The van der Waals surface area contributed by atoms with Crippen LogP contribution in [0.1, 0.15) is 79.9 Å². The van der Waals surface area contributed by atoms with Gasteiger partial charge in [-0.1, -0.05) is 39.0 Å². The molecule has 0 saturated carbocycles. The monoisotopic (exact) mass is 280 g/mol. The highest BCUT2D eigenvalue weighted by Gasteiger charge is 2.19. The molecule has 1 heterocycles. The van der Waals surface area contributed by atoms with Crippen LogP contribution in [0.3, 0.4) is 0 Å². The molecule has 1 atom stereocenters. The first-order chi connectivity index (χ1) is 9.35. The summed E-state index contributed by atoms with van der Waals surface area (Å²) >= 11 is 1.96. The van der Waals surface area contributed by atoms with Crippen molar-refractivity contribution in [2.45, 2.75) is 77.2 Å². The number of aryl methyl sites for hydroxylation is 2. The number of thiazole rings is 1. The van der Waals surface area contributed by atoms with Gasteiger partial charge in [-0.05, 0) is 39.2 Å². The number of nitrogens with zero attached hydrogens (tertiary/aromatic N) is 1. The summed E-state index contributed by atoms with van der Waals surface area (Å²) in [6.07, 6.45) is 13.2. The molecule has 0 saturated heterocycles. The summed E-state index contributed by atoms with van der Waals surface area (Å²) in [7, 11) is 2.08. The molecular weight excluding hydrogens is 252 g/mol. The molecule has 0 spiro atoms. The molecular formula is C16H28N2S. The van der Waals surface area contributed by atoms with E-state index in [0.717, 1.165) is 0 Å². The van der Waals surface area contributed by atoms with Crippen molar-refractivity contribution in [1.29, 1.82) is 0 Å².